The predicted octanol–water partition coefficient (Wildman–Crippen LogP) is 4.11. The van der Waals surface area contributed by atoms with Crippen LogP contribution in [0.2, 0.25) is 0 Å². The van der Waals surface area contributed by atoms with E-state index in [0.717, 1.165) is 25.7 Å². The molecule has 1 heterocycles. The maximum absolute atomic E-state index is 14.2. The molecule has 0 aliphatic carbocycles. The van der Waals surface area contributed by atoms with Crippen LogP contribution < -0.4 is 11.1 Å². The van der Waals surface area contributed by atoms with Crippen LogP contribution in [0.1, 0.15) is 48.4 Å². The smallest absolute Gasteiger partial charge is 0.312 e. The molecule has 160 valence electrons. The number of carbonyl (C=O) groups excluding carboxylic acids is 2. The van der Waals surface area contributed by atoms with Gasteiger partial charge in [0.15, 0.2) is 0 Å². The summed E-state index contributed by atoms with van der Waals surface area (Å²) in [6.07, 6.45) is 4.09. The van der Waals surface area contributed by atoms with Crippen LogP contribution in [0.25, 0.3) is 0 Å². The first-order valence-electron chi connectivity index (χ1n) is 10.6. The Hall–Kier alpha value is -2.89. The zero-order valence-electron chi connectivity index (χ0n) is 17.4. The lowest BCUT2D eigenvalue weighted by Crippen LogP contribution is -2.42. The van der Waals surface area contributed by atoms with Crippen LogP contribution in [0.15, 0.2) is 48.5 Å². The van der Waals surface area contributed by atoms with E-state index < -0.39 is 17.9 Å². The molecule has 1 aliphatic rings. The Morgan fingerprint density at radius 1 is 1.13 bits per heavy atom. The molecule has 2 aromatic rings. The number of benzene rings is 2. The number of carbonyl (C=O) groups is 2. The number of aryl methyl sites for hydroxylation is 2. The summed E-state index contributed by atoms with van der Waals surface area (Å²) in [7, 11) is 0. The highest BCUT2D eigenvalue weighted by Gasteiger charge is 2.27. The molecule has 3 amide bonds. The van der Waals surface area contributed by atoms with E-state index in [1.807, 2.05) is 4.90 Å². The van der Waals surface area contributed by atoms with Crippen molar-refractivity contribution in [3.63, 3.8) is 0 Å². The molecule has 6 heteroatoms. The van der Waals surface area contributed by atoms with Gasteiger partial charge in [-0.1, -0.05) is 48.0 Å². The molecule has 0 saturated carbocycles. The lowest BCUT2D eigenvalue weighted by Gasteiger charge is -2.33. The molecular formula is C24H30FN3O2. The van der Waals surface area contributed by atoms with E-state index in [9.17, 15) is 14.0 Å². The summed E-state index contributed by atoms with van der Waals surface area (Å²) in [5, 5.41) is 2.51. The van der Waals surface area contributed by atoms with Crippen LogP contribution in [-0.2, 0) is 11.2 Å². The molecule has 30 heavy (non-hydrogen) atoms. The molecular weight excluding hydrogens is 381 g/mol. The number of hydrogen-bond donors (Lipinski definition) is 2. The normalized spacial score (nSPS) is 15.6. The van der Waals surface area contributed by atoms with Crippen LogP contribution in [0.5, 0.6) is 0 Å². The topological polar surface area (TPSA) is 75.4 Å². The number of piperidine rings is 1. The van der Waals surface area contributed by atoms with Gasteiger partial charge < -0.3 is 16.0 Å². The van der Waals surface area contributed by atoms with Crippen molar-refractivity contribution in [2.75, 3.05) is 13.1 Å². The van der Waals surface area contributed by atoms with E-state index in [-0.39, 0.29) is 17.9 Å². The van der Waals surface area contributed by atoms with Gasteiger partial charge in [-0.25, -0.2) is 9.18 Å². The molecule has 1 saturated heterocycles. The Kier molecular flexibility index (Phi) is 7.44. The van der Waals surface area contributed by atoms with Gasteiger partial charge in [-0.05, 0) is 50.2 Å². The highest BCUT2D eigenvalue weighted by molar-refractivity contribution is 5.79. The molecule has 2 aromatic carbocycles. The molecule has 0 bridgehead atoms. The highest BCUT2D eigenvalue weighted by Crippen LogP contribution is 2.25. The van der Waals surface area contributed by atoms with E-state index in [2.05, 4.69) is 36.5 Å². The molecule has 5 nitrogen and oxygen atoms in total. The standard InChI is InChI=1S/C24H30FN3O2/c1-17-6-8-18(9-7-17)10-11-19-12-14-28(15-13-19)23(29)16-22(27-24(26)30)20-4-2-3-5-21(20)25/h2-9,19,22H,10-16H2,1H3,(H3,26,27,30). The Morgan fingerprint density at radius 3 is 2.43 bits per heavy atom. The summed E-state index contributed by atoms with van der Waals surface area (Å²) in [4.78, 5) is 26.0. The van der Waals surface area contributed by atoms with Crippen molar-refractivity contribution in [3.8, 4) is 0 Å². The molecule has 1 aliphatic heterocycles. The zero-order chi connectivity index (χ0) is 21.5. The molecule has 0 spiro atoms. The Labute approximate surface area is 177 Å². The largest absolute Gasteiger partial charge is 0.352 e. The summed E-state index contributed by atoms with van der Waals surface area (Å²) in [6, 6.07) is 13.2. The first-order valence-corrected chi connectivity index (χ1v) is 10.6. The molecule has 3 rings (SSSR count). The van der Waals surface area contributed by atoms with Crippen LogP contribution in [0, 0.1) is 18.7 Å². The number of rotatable bonds is 7. The van der Waals surface area contributed by atoms with Crippen LogP contribution in [-0.4, -0.2) is 29.9 Å². The van der Waals surface area contributed by atoms with Crippen molar-refractivity contribution in [2.24, 2.45) is 11.7 Å². The van der Waals surface area contributed by atoms with Gasteiger partial charge in [0.05, 0.1) is 12.5 Å². The monoisotopic (exact) mass is 411 g/mol. The zero-order valence-corrected chi connectivity index (χ0v) is 17.4. The molecule has 3 N–H and O–H groups in total. The number of urea groups is 1. The summed E-state index contributed by atoms with van der Waals surface area (Å²) < 4.78 is 14.2. The molecule has 0 radical (unpaired) electrons. The van der Waals surface area contributed by atoms with E-state index in [1.54, 1.807) is 18.2 Å². The van der Waals surface area contributed by atoms with Gasteiger partial charge in [-0.2, -0.15) is 0 Å². The van der Waals surface area contributed by atoms with Gasteiger partial charge in [-0.3, -0.25) is 4.79 Å². The fourth-order valence-corrected chi connectivity index (χ4v) is 4.07. The third-order valence-corrected chi connectivity index (χ3v) is 5.90. The van der Waals surface area contributed by atoms with E-state index in [0.29, 0.717) is 19.0 Å². The lowest BCUT2D eigenvalue weighted by atomic mass is 9.90. The minimum Gasteiger partial charge on any atom is -0.352 e. The number of nitrogens with zero attached hydrogens (tertiary/aromatic N) is 1. The van der Waals surface area contributed by atoms with Gasteiger partial charge in [0.2, 0.25) is 5.91 Å². The first kappa shape index (κ1) is 21.8. The van der Waals surface area contributed by atoms with E-state index in [4.69, 9.17) is 5.73 Å². The van der Waals surface area contributed by atoms with Gasteiger partial charge in [0.1, 0.15) is 5.82 Å². The van der Waals surface area contributed by atoms with Crippen molar-refractivity contribution >= 4 is 11.9 Å². The van der Waals surface area contributed by atoms with E-state index >= 15 is 0 Å². The van der Waals surface area contributed by atoms with Crippen molar-refractivity contribution in [3.05, 3.63) is 71.0 Å². The van der Waals surface area contributed by atoms with Gasteiger partial charge in [0, 0.05) is 18.7 Å². The minimum atomic E-state index is -0.772. The number of halogens is 1. The van der Waals surface area contributed by atoms with Crippen LogP contribution >= 0.6 is 0 Å². The van der Waals surface area contributed by atoms with Gasteiger partial charge in [-0.15, -0.1) is 0 Å². The number of nitrogens with one attached hydrogen (secondary N) is 1. The molecule has 1 fully saturated rings. The summed E-state index contributed by atoms with van der Waals surface area (Å²) in [6.45, 7) is 3.47. The third-order valence-electron chi connectivity index (χ3n) is 5.90. The van der Waals surface area contributed by atoms with Crippen LogP contribution in [0.4, 0.5) is 9.18 Å². The summed E-state index contributed by atoms with van der Waals surface area (Å²) >= 11 is 0. The minimum absolute atomic E-state index is 0.00208. The van der Waals surface area contributed by atoms with Crippen molar-refractivity contribution in [1.29, 1.82) is 0 Å². The fraction of sp³-hybridized carbons (Fsp3) is 0.417. The maximum Gasteiger partial charge on any atom is 0.312 e. The average molecular weight is 412 g/mol. The fourth-order valence-electron chi connectivity index (χ4n) is 4.07. The quantitative estimate of drug-likeness (QED) is 0.720. The molecule has 1 unspecified atom stereocenters. The van der Waals surface area contributed by atoms with Gasteiger partial charge >= 0.3 is 6.03 Å². The van der Waals surface area contributed by atoms with Crippen molar-refractivity contribution < 1.29 is 14.0 Å². The molecule has 0 aromatic heterocycles. The lowest BCUT2D eigenvalue weighted by molar-refractivity contribution is -0.133. The first-order chi connectivity index (χ1) is 14.4. The number of primary amides is 1. The second-order valence-corrected chi connectivity index (χ2v) is 8.14. The average Bonchev–Trinajstić information content (AvgIpc) is 2.73. The maximum atomic E-state index is 14.2. The Bertz CT molecular complexity index is 861. The Balaban J connectivity index is 1.51. The second kappa shape index (κ2) is 10.2. The van der Waals surface area contributed by atoms with Gasteiger partial charge in [0.25, 0.3) is 0 Å². The van der Waals surface area contributed by atoms with Crippen molar-refractivity contribution in [1.82, 2.24) is 10.2 Å². The highest BCUT2D eigenvalue weighted by atomic mass is 19.1. The summed E-state index contributed by atoms with van der Waals surface area (Å²) in [5.41, 5.74) is 8.14. The predicted molar refractivity (Wildman–Crippen MR) is 115 cm³/mol. The molecule has 1 atom stereocenters. The summed E-state index contributed by atoms with van der Waals surface area (Å²) in [5.74, 6) is 0.0503. The van der Waals surface area contributed by atoms with Crippen LogP contribution in [0.3, 0.4) is 0 Å². The van der Waals surface area contributed by atoms with E-state index in [1.165, 1.54) is 17.2 Å². The number of amides is 3. The number of likely N-dealkylation sites (tertiary alicyclic amines) is 1. The van der Waals surface area contributed by atoms with Crippen molar-refractivity contribution in [2.45, 2.75) is 45.1 Å². The Morgan fingerprint density at radius 2 is 1.80 bits per heavy atom. The second-order valence-electron chi connectivity index (χ2n) is 8.14. The number of hydrogen-bond acceptors (Lipinski definition) is 2. The SMILES string of the molecule is Cc1ccc(CCC2CCN(C(=O)CC(NC(N)=O)c3ccccc3F)CC2)cc1. The third kappa shape index (κ3) is 6.05. The number of nitrogens with two attached hydrogens (primary N) is 1.